The number of nitrogens with one attached hydrogen (secondary N) is 5. The van der Waals surface area contributed by atoms with E-state index >= 15 is 0 Å². The number of pyridine rings is 1. The summed E-state index contributed by atoms with van der Waals surface area (Å²) in [6.07, 6.45) is 24.7. The summed E-state index contributed by atoms with van der Waals surface area (Å²) in [7, 11) is 0. The van der Waals surface area contributed by atoms with Crippen LogP contribution in [0.3, 0.4) is 0 Å². The number of piperazine rings is 1. The highest BCUT2D eigenvalue weighted by Gasteiger charge is 2.35. The number of piperidine rings is 1. The molecule has 3 aromatic rings. The van der Waals surface area contributed by atoms with Crippen molar-refractivity contribution < 1.29 is 19.2 Å². The fourth-order valence-corrected chi connectivity index (χ4v) is 10.2. The van der Waals surface area contributed by atoms with Crippen molar-refractivity contribution >= 4 is 40.3 Å². The Morgan fingerprint density at radius 1 is 0.934 bits per heavy atom. The maximum absolute atomic E-state index is 14.5. The molecule has 4 amide bonds. The number of carbonyl (C=O) groups is 4. The summed E-state index contributed by atoms with van der Waals surface area (Å²) in [6.45, 7) is 6.43. The molecule has 3 aliphatic heterocycles. The summed E-state index contributed by atoms with van der Waals surface area (Å²) in [5.41, 5.74) is 5.15. The molecule has 3 atom stereocenters. The Bertz CT molecular complexity index is 2120. The number of aryl methyl sites for hydroxylation is 1. The fourth-order valence-electron chi connectivity index (χ4n) is 10.2. The molecule has 1 unspecified atom stereocenters. The number of anilines is 1. The van der Waals surface area contributed by atoms with Gasteiger partial charge in [0.25, 0.3) is 0 Å². The van der Waals surface area contributed by atoms with Crippen LogP contribution in [0.2, 0.25) is 0 Å². The number of fused-ring (bicyclic) bond motifs is 2. The molecule has 5 N–H and O–H groups in total. The zero-order valence-corrected chi connectivity index (χ0v) is 35.7. The van der Waals surface area contributed by atoms with Gasteiger partial charge in [-0.05, 0) is 124 Å². The Morgan fingerprint density at radius 3 is 2.56 bits per heavy atom. The van der Waals surface area contributed by atoms with Crippen molar-refractivity contribution in [2.75, 3.05) is 44.6 Å². The van der Waals surface area contributed by atoms with Gasteiger partial charge in [0.15, 0.2) is 0 Å². The molecule has 61 heavy (non-hydrogen) atoms. The number of aromatic nitrogens is 3. The SMILES string of the molecule is Cc1cc(C[C@@H](NC(=O)CCC2CCC(CC3Cc4cccnc4NC3=O)CC2)C(=O)N[C@@H](CC2CCNCC2)C(=O)N2CCN(C3=CC=CCC=C3)CC2)cc2cn[nH]c12. The lowest BCUT2D eigenvalue weighted by Crippen LogP contribution is -2.58. The van der Waals surface area contributed by atoms with Crippen LogP contribution >= 0.6 is 0 Å². The van der Waals surface area contributed by atoms with E-state index in [4.69, 9.17) is 0 Å². The Hall–Kier alpha value is -5.30. The maximum Gasteiger partial charge on any atom is 0.245 e. The van der Waals surface area contributed by atoms with Gasteiger partial charge in [-0.1, -0.05) is 56.0 Å². The summed E-state index contributed by atoms with van der Waals surface area (Å²) < 4.78 is 0. The molecule has 2 aromatic heterocycles. The molecule has 8 rings (SSSR count). The molecular formula is C48H63N9O4. The number of aromatic amines is 1. The van der Waals surface area contributed by atoms with Crippen molar-refractivity contribution in [1.82, 2.24) is 40.9 Å². The first-order valence-corrected chi connectivity index (χ1v) is 22.8. The molecule has 0 bridgehead atoms. The topological polar surface area (TPSA) is 164 Å². The van der Waals surface area contributed by atoms with Crippen molar-refractivity contribution in [3.05, 3.63) is 89.4 Å². The summed E-state index contributed by atoms with van der Waals surface area (Å²) in [4.78, 5) is 64.1. The van der Waals surface area contributed by atoms with Gasteiger partial charge in [0, 0.05) is 62.2 Å². The van der Waals surface area contributed by atoms with Gasteiger partial charge < -0.3 is 31.1 Å². The van der Waals surface area contributed by atoms with Crippen LogP contribution < -0.4 is 21.3 Å². The number of nitrogens with zero attached hydrogens (tertiary/aromatic N) is 4. The largest absolute Gasteiger partial charge is 0.368 e. The predicted octanol–water partition coefficient (Wildman–Crippen LogP) is 5.50. The molecular weight excluding hydrogens is 767 g/mol. The number of allylic oxidation sites excluding steroid dienone is 5. The van der Waals surface area contributed by atoms with Gasteiger partial charge in [-0.25, -0.2) is 4.98 Å². The van der Waals surface area contributed by atoms with E-state index in [0.29, 0.717) is 55.9 Å². The maximum atomic E-state index is 14.5. The molecule has 324 valence electrons. The fraction of sp³-hybridized carbons (Fsp3) is 0.542. The van der Waals surface area contributed by atoms with Crippen LogP contribution in [0.1, 0.15) is 87.3 Å². The standard InChI is InChI=1S/C48H63N9O4/c1-32-25-36(27-39-31-51-55-44(32)39)29-41(52-43(58)15-14-33-10-12-34(13-11-33)26-38-30-37-7-6-18-50-45(37)54-46(38)59)47(60)53-42(28-35-16-19-49-20-17-35)48(61)57-23-21-56(22-24-57)40-8-4-2-3-5-9-40/h2,4-9,18,25,27,31,33-35,38,41-42,49H,3,10-17,19-24,26,28-30H2,1H3,(H,51,55)(H,52,58)(H,53,60)(H,50,54,59)/t33?,34?,38?,41-,42+/m1/s1. The number of rotatable bonds is 14. The highest BCUT2D eigenvalue weighted by molar-refractivity contribution is 5.95. The summed E-state index contributed by atoms with van der Waals surface area (Å²) >= 11 is 0. The van der Waals surface area contributed by atoms with E-state index in [-0.39, 0.29) is 29.5 Å². The number of benzene rings is 1. The summed E-state index contributed by atoms with van der Waals surface area (Å²) in [6, 6.07) is 6.51. The molecule has 3 fully saturated rings. The second kappa shape index (κ2) is 20.0. The van der Waals surface area contributed by atoms with Gasteiger partial charge >= 0.3 is 0 Å². The van der Waals surface area contributed by atoms with Crippen molar-refractivity contribution in [3.8, 4) is 0 Å². The lowest BCUT2D eigenvalue weighted by Gasteiger charge is -2.39. The third kappa shape index (κ3) is 11.0. The van der Waals surface area contributed by atoms with Crippen LogP contribution in [0.4, 0.5) is 5.82 Å². The van der Waals surface area contributed by atoms with Gasteiger partial charge in [0.05, 0.1) is 11.7 Å². The first-order valence-electron chi connectivity index (χ1n) is 22.8. The van der Waals surface area contributed by atoms with E-state index in [2.05, 4.69) is 71.7 Å². The van der Waals surface area contributed by atoms with E-state index < -0.39 is 12.1 Å². The van der Waals surface area contributed by atoms with E-state index in [0.717, 1.165) is 124 Å². The van der Waals surface area contributed by atoms with Gasteiger partial charge in [0.2, 0.25) is 23.6 Å². The molecule has 13 nitrogen and oxygen atoms in total. The molecule has 0 spiro atoms. The quantitative estimate of drug-likeness (QED) is 0.142. The third-order valence-corrected chi connectivity index (χ3v) is 13.8. The number of hydrogen-bond acceptors (Lipinski definition) is 8. The first kappa shape index (κ1) is 42.4. The Labute approximate surface area is 359 Å². The van der Waals surface area contributed by atoms with Crippen LogP contribution in [0.5, 0.6) is 0 Å². The predicted molar refractivity (Wildman–Crippen MR) is 237 cm³/mol. The van der Waals surface area contributed by atoms with E-state index in [1.54, 1.807) is 12.4 Å². The van der Waals surface area contributed by atoms with E-state index in [1.807, 2.05) is 36.1 Å². The second-order valence-corrected chi connectivity index (χ2v) is 18.1. The average Bonchev–Trinajstić information content (AvgIpc) is 3.59. The molecule has 1 saturated carbocycles. The molecule has 2 aliphatic carbocycles. The van der Waals surface area contributed by atoms with Crippen LogP contribution in [-0.4, -0.2) is 100.0 Å². The van der Waals surface area contributed by atoms with E-state index in [9.17, 15) is 19.2 Å². The normalized spacial score (nSPS) is 23.1. The number of amides is 4. The zero-order chi connectivity index (χ0) is 42.1. The minimum atomic E-state index is -0.851. The first-order chi connectivity index (χ1) is 29.8. The number of hydrogen-bond donors (Lipinski definition) is 5. The smallest absolute Gasteiger partial charge is 0.245 e. The Balaban J connectivity index is 0.900. The highest BCUT2D eigenvalue weighted by Crippen LogP contribution is 2.37. The van der Waals surface area contributed by atoms with Crippen LogP contribution in [-0.2, 0) is 32.0 Å². The van der Waals surface area contributed by atoms with Crippen LogP contribution in [0.25, 0.3) is 10.9 Å². The molecule has 0 radical (unpaired) electrons. The van der Waals surface area contributed by atoms with Gasteiger partial charge in [-0.2, -0.15) is 5.10 Å². The molecule has 13 heteroatoms. The molecule has 2 saturated heterocycles. The second-order valence-electron chi connectivity index (χ2n) is 18.1. The van der Waals surface area contributed by atoms with Gasteiger partial charge in [-0.3, -0.25) is 24.3 Å². The van der Waals surface area contributed by atoms with Crippen molar-refractivity contribution in [1.29, 1.82) is 0 Å². The summed E-state index contributed by atoms with van der Waals surface area (Å²) in [5.74, 6) is 1.43. The Kier molecular flexibility index (Phi) is 13.9. The highest BCUT2D eigenvalue weighted by atomic mass is 16.2. The minimum Gasteiger partial charge on any atom is -0.368 e. The van der Waals surface area contributed by atoms with Crippen molar-refractivity contribution in [3.63, 3.8) is 0 Å². The van der Waals surface area contributed by atoms with E-state index in [1.165, 1.54) is 0 Å². The monoisotopic (exact) mass is 830 g/mol. The Morgan fingerprint density at radius 2 is 1.74 bits per heavy atom. The van der Waals surface area contributed by atoms with Crippen molar-refractivity contribution in [2.45, 2.75) is 102 Å². The summed E-state index contributed by atoms with van der Waals surface area (Å²) in [5, 5.41) is 21.0. The van der Waals surface area contributed by atoms with Crippen molar-refractivity contribution in [2.24, 2.45) is 23.7 Å². The van der Waals surface area contributed by atoms with Crippen LogP contribution in [0, 0.1) is 30.6 Å². The molecule has 5 aliphatic rings. The average molecular weight is 830 g/mol. The van der Waals surface area contributed by atoms with Crippen LogP contribution in [0.15, 0.2) is 72.7 Å². The zero-order valence-electron chi connectivity index (χ0n) is 35.7. The molecule has 1 aromatic carbocycles. The van der Waals surface area contributed by atoms with Gasteiger partial charge in [-0.15, -0.1) is 0 Å². The van der Waals surface area contributed by atoms with Gasteiger partial charge in [0.1, 0.15) is 17.9 Å². The number of H-pyrrole nitrogens is 1. The molecule has 5 heterocycles. The minimum absolute atomic E-state index is 0.0332. The lowest BCUT2D eigenvalue weighted by atomic mass is 9.75. The number of carbonyl (C=O) groups excluding carboxylic acids is 4. The lowest BCUT2D eigenvalue weighted by molar-refractivity contribution is -0.139. The third-order valence-electron chi connectivity index (χ3n) is 13.8.